The highest BCUT2D eigenvalue weighted by Gasteiger charge is 2.17. The summed E-state index contributed by atoms with van der Waals surface area (Å²) in [5, 5.41) is 32.8. The average molecular weight is 464 g/mol. The molecule has 0 aliphatic rings. The number of para-hydroxylation sites is 1. The van der Waals surface area contributed by atoms with E-state index < -0.39 is 11.9 Å². The van der Waals surface area contributed by atoms with Gasteiger partial charge in [0.05, 0.1) is 19.9 Å². The van der Waals surface area contributed by atoms with Gasteiger partial charge in [-0.15, -0.1) is 11.3 Å². The van der Waals surface area contributed by atoms with E-state index in [4.69, 9.17) is 14.9 Å². The molecule has 33 heavy (non-hydrogen) atoms. The smallest absolute Gasteiger partial charge is 0.351 e. The van der Waals surface area contributed by atoms with E-state index in [0.717, 1.165) is 16.9 Å². The number of nitrogens with zero attached hydrogens (tertiary/aromatic N) is 3. The maximum atomic E-state index is 12.4. The zero-order valence-electron chi connectivity index (χ0n) is 17.9. The van der Waals surface area contributed by atoms with E-state index in [2.05, 4.69) is 10.5 Å². The third kappa shape index (κ3) is 5.28. The van der Waals surface area contributed by atoms with E-state index in [1.54, 1.807) is 68.6 Å². The molecule has 2 aromatic carbocycles. The minimum Gasteiger partial charge on any atom is -0.497 e. The van der Waals surface area contributed by atoms with Crippen LogP contribution < -0.4 is 24.8 Å². The molecule has 0 atom stereocenters. The zero-order chi connectivity index (χ0) is 23.8. The molecule has 0 unspecified atom stereocenters. The molecule has 3 aromatic rings. The molecule has 0 amide bonds. The fourth-order valence-corrected chi connectivity index (χ4v) is 3.88. The first-order chi connectivity index (χ1) is 16.0. The van der Waals surface area contributed by atoms with Gasteiger partial charge in [0.15, 0.2) is 11.1 Å². The third-order valence-corrected chi connectivity index (χ3v) is 5.55. The number of carbonyl (C=O) groups is 1. The number of hydrogen-bond donors (Lipinski definition) is 3. The normalized spacial score (nSPS) is 12.6. The Hall–Kier alpha value is -4.36. The highest BCUT2D eigenvalue weighted by atomic mass is 32.1. The number of aliphatic hydroxyl groups excluding tert-OH is 1. The Kier molecular flexibility index (Phi) is 7.62. The molecule has 1 aromatic heterocycles. The van der Waals surface area contributed by atoms with Crippen LogP contribution in [-0.4, -0.2) is 35.6 Å². The van der Waals surface area contributed by atoms with Crippen molar-refractivity contribution in [1.29, 1.82) is 10.7 Å². The van der Waals surface area contributed by atoms with Crippen molar-refractivity contribution in [3.8, 4) is 17.5 Å². The second-order valence-corrected chi connectivity index (χ2v) is 7.45. The summed E-state index contributed by atoms with van der Waals surface area (Å²) in [4.78, 5) is 12.4. The number of benzene rings is 2. The van der Waals surface area contributed by atoms with Gasteiger partial charge in [0, 0.05) is 5.69 Å². The van der Waals surface area contributed by atoms with E-state index in [0.29, 0.717) is 11.4 Å². The lowest BCUT2D eigenvalue weighted by Crippen LogP contribution is -2.34. The average Bonchev–Trinajstić information content (AvgIpc) is 3.17. The molecule has 168 valence electrons. The Morgan fingerprint density at radius 1 is 1.27 bits per heavy atom. The summed E-state index contributed by atoms with van der Waals surface area (Å²) in [6, 6.07) is 17.8. The number of carbonyl (C=O) groups excluding carboxylic acids is 1. The quantitative estimate of drug-likeness (QED) is 0.276. The first-order valence-corrected chi connectivity index (χ1v) is 10.6. The van der Waals surface area contributed by atoms with Crippen molar-refractivity contribution < 1.29 is 19.4 Å². The van der Waals surface area contributed by atoms with E-state index >= 15 is 0 Å². The van der Waals surface area contributed by atoms with Gasteiger partial charge < -0.3 is 14.6 Å². The first kappa shape index (κ1) is 23.3. The van der Waals surface area contributed by atoms with Crippen LogP contribution in [-0.2, 0) is 9.53 Å². The van der Waals surface area contributed by atoms with Gasteiger partial charge in [-0.25, -0.2) is 10.2 Å². The Morgan fingerprint density at radius 3 is 2.58 bits per heavy atom. The predicted molar refractivity (Wildman–Crippen MR) is 124 cm³/mol. The summed E-state index contributed by atoms with van der Waals surface area (Å²) in [5.74, 6) is -0.495. The minimum absolute atomic E-state index is 0.0952. The highest BCUT2D eigenvalue weighted by Crippen LogP contribution is 2.09. The molecular formula is C23H21N5O4S. The molecule has 3 rings (SSSR count). The van der Waals surface area contributed by atoms with Crippen molar-refractivity contribution in [3.05, 3.63) is 74.8 Å². The molecule has 0 fully saturated rings. The topological polar surface area (TPSA) is 133 Å². The second kappa shape index (κ2) is 10.8. The molecule has 0 aliphatic heterocycles. The molecule has 0 bridgehead atoms. The number of nitrogens with one attached hydrogen (secondary N) is 2. The second-order valence-electron chi connectivity index (χ2n) is 6.45. The van der Waals surface area contributed by atoms with Crippen LogP contribution in [0.1, 0.15) is 12.5 Å². The Balaban J connectivity index is 2.12. The van der Waals surface area contributed by atoms with Crippen LogP contribution in [0.2, 0.25) is 0 Å². The fourth-order valence-electron chi connectivity index (χ4n) is 2.83. The summed E-state index contributed by atoms with van der Waals surface area (Å²) in [6.07, 6.45) is 1.49. The minimum atomic E-state index is -0.803. The Bertz CT molecular complexity index is 1380. The predicted octanol–water partition coefficient (Wildman–Crippen LogP) is 1.51. The zero-order valence-corrected chi connectivity index (χ0v) is 18.7. The third-order valence-electron chi connectivity index (χ3n) is 4.38. The summed E-state index contributed by atoms with van der Waals surface area (Å²) < 4.78 is 11.8. The molecule has 1 heterocycles. The largest absolute Gasteiger partial charge is 0.497 e. The number of esters is 1. The van der Waals surface area contributed by atoms with Crippen molar-refractivity contribution >= 4 is 35.0 Å². The number of hydrogen-bond acceptors (Lipinski definition) is 9. The monoisotopic (exact) mass is 463 g/mol. The van der Waals surface area contributed by atoms with Crippen molar-refractivity contribution in [1.82, 2.24) is 9.99 Å². The van der Waals surface area contributed by atoms with Gasteiger partial charge >= 0.3 is 5.97 Å². The van der Waals surface area contributed by atoms with Gasteiger partial charge in [-0.2, -0.15) is 10.4 Å². The molecule has 0 saturated carbocycles. The van der Waals surface area contributed by atoms with Gasteiger partial charge in [-0.3, -0.25) is 9.98 Å². The SMILES string of the molecule is CCOC(=O)/C(C#N)=c1\s/c(=C(/O)N/N=C\c2ccc(OC)cc2)c(=N)n1-c1ccccc1. The van der Waals surface area contributed by atoms with E-state index in [9.17, 15) is 15.2 Å². The lowest BCUT2D eigenvalue weighted by Gasteiger charge is -2.04. The van der Waals surface area contributed by atoms with Gasteiger partial charge in [0.1, 0.15) is 21.0 Å². The Morgan fingerprint density at radius 2 is 1.97 bits per heavy atom. The first-order valence-electron chi connectivity index (χ1n) is 9.80. The van der Waals surface area contributed by atoms with Crippen LogP contribution >= 0.6 is 11.3 Å². The molecule has 0 spiro atoms. The van der Waals surface area contributed by atoms with Crippen molar-refractivity contribution in [2.45, 2.75) is 6.92 Å². The molecular weight excluding hydrogens is 442 g/mol. The molecule has 9 nitrogen and oxygen atoms in total. The Labute approximate surface area is 193 Å². The summed E-state index contributed by atoms with van der Waals surface area (Å²) in [6.45, 7) is 1.73. The standard InChI is InChI=1S/C23H21N5O4S/c1-3-32-23(30)18(13-24)22-28(16-7-5-4-6-8-16)20(25)19(33-22)21(29)27-26-14-15-9-11-17(31-2)12-10-15/h4-12,14,25,27,29H,3H2,1-2H3/b21-19+,22-18-,25-20?,26-14-. The lowest BCUT2D eigenvalue weighted by molar-refractivity contribution is -0.136. The number of nitriles is 1. The molecule has 0 aliphatic carbocycles. The molecule has 10 heteroatoms. The number of aromatic nitrogens is 1. The number of aliphatic hydroxyl groups is 1. The summed E-state index contributed by atoms with van der Waals surface area (Å²) >= 11 is 0.902. The highest BCUT2D eigenvalue weighted by molar-refractivity contribution is 7.07. The van der Waals surface area contributed by atoms with Gasteiger partial charge in [0.25, 0.3) is 0 Å². The maximum Gasteiger partial charge on any atom is 0.351 e. The summed E-state index contributed by atoms with van der Waals surface area (Å²) in [5.41, 5.74) is 3.42. The maximum absolute atomic E-state index is 12.4. The number of rotatable bonds is 7. The van der Waals surface area contributed by atoms with Gasteiger partial charge in [0.2, 0.25) is 5.88 Å². The van der Waals surface area contributed by atoms with Crippen molar-refractivity contribution in [2.75, 3.05) is 13.7 Å². The van der Waals surface area contributed by atoms with Crippen LogP contribution in [0.25, 0.3) is 17.1 Å². The van der Waals surface area contributed by atoms with Crippen molar-refractivity contribution in [2.24, 2.45) is 5.10 Å². The summed E-state index contributed by atoms with van der Waals surface area (Å²) in [7, 11) is 1.57. The van der Waals surface area contributed by atoms with Gasteiger partial charge in [-0.1, -0.05) is 18.2 Å². The fraction of sp³-hybridized carbons (Fsp3) is 0.130. The number of thiazole rings is 1. The van der Waals surface area contributed by atoms with Crippen LogP contribution in [0.15, 0.2) is 59.7 Å². The van der Waals surface area contributed by atoms with Crippen LogP contribution in [0.5, 0.6) is 5.75 Å². The van der Waals surface area contributed by atoms with Crippen LogP contribution in [0.4, 0.5) is 0 Å². The number of methoxy groups -OCH3 is 1. The molecule has 0 saturated heterocycles. The van der Waals surface area contributed by atoms with Crippen molar-refractivity contribution in [3.63, 3.8) is 0 Å². The molecule has 0 radical (unpaired) electrons. The van der Waals surface area contributed by atoms with E-state index in [1.807, 2.05) is 6.07 Å². The number of ether oxygens (including phenoxy) is 2. The molecule has 3 N–H and O–H groups in total. The van der Waals surface area contributed by atoms with Crippen LogP contribution in [0, 0.1) is 16.7 Å². The van der Waals surface area contributed by atoms with Gasteiger partial charge in [-0.05, 0) is 48.9 Å². The van der Waals surface area contributed by atoms with E-state index in [-0.39, 0.29) is 26.9 Å². The van der Waals surface area contributed by atoms with Crippen LogP contribution in [0.3, 0.4) is 0 Å². The van der Waals surface area contributed by atoms with E-state index in [1.165, 1.54) is 10.8 Å². The lowest BCUT2D eigenvalue weighted by atomic mass is 10.2. The number of hydrazone groups is 1.